The van der Waals surface area contributed by atoms with Gasteiger partial charge in [-0.25, -0.2) is 8.42 Å². The second-order valence-electron chi connectivity index (χ2n) is 10.7. The summed E-state index contributed by atoms with van der Waals surface area (Å²) in [5.41, 5.74) is 4.21. The molecule has 0 bridgehead atoms. The van der Waals surface area contributed by atoms with E-state index in [0.717, 1.165) is 22.3 Å². The van der Waals surface area contributed by atoms with E-state index in [-0.39, 0.29) is 0 Å². The molecule has 4 aromatic rings. The minimum absolute atomic E-state index is 0.580. The first-order valence-corrected chi connectivity index (χ1v) is 16.5. The number of rotatable bonds is 14. The van der Waals surface area contributed by atoms with E-state index in [1.807, 2.05) is 38.1 Å². The first-order chi connectivity index (χ1) is 22.6. The van der Waals surface area contributed by atoms with Crippen LogP contribution in [0.5, 0.6) is 34.5 Å². The number of ether oxygens (including phenoxy) is 6. The zero-order chi connectivity index (χ0) is 34.1. The normalized spacial score (nSPS) is 12.9. The summed E-state index contributed by atoms with van der Waals surface area (Å²) < 4.78 is 63.0. The van der Waals surface area contributed by atoms with Crippen molar-refractivity contribution in [2.45, 2.75) is 24.3 Å². The maximum atomic E-state index is 15.0. The summed E-state index contributed by atoms with van der Waals surface area (Å²) in [6.07, 6.45) is 6.96. The van der Waals surface area contributed by atoms with Crippen molar-refractivity contribution in [2.24, 2.45) is 0 Å². The molecular formula is C38H42O8S. The fourth-order valence-corrected chi connectivity index (χ4v) is 7.57. The third-order valence-corrected chi connectivity index (χ3v) is 10.4. The molecule has 0 spiro atoms. The number of hydrogen-bond donors (Lipinski definition) is 0. The molecule has 0 aromatic heterocycles. The predicted molar refractivity (Wildman–Crippen MR) is 187 cm³/mol. The lowest BCUT2D eigenvalue weighted by molar-refractivity contribution is 0.388. The maximum absolute atomic E-state index is 15.0. The lowest BCUT2D eigenvalue weighted by Crippen LogP contribution is -2.19. The van der Waals surface area contributed by atoms with Crippen LogP contribution in [0.3, 0.4) is 0 Å². The zero-order valence-corrected chi connectivity index (χ0v) is 28.9. The average molecular weight is 659 g/mol. The molecule has 8 nitrogen and oxygen atoms in total. The minimum Gasteiger partial charge on any atom is -0.497 e. The molecule has 0 saturated heterocycles. The third-order valence-electron chi connectivity index (χ3n) is 8.12. The summed E-state index contributed by atoms with van der Waals surface area (Å²) in [5.74, 6) is 3.78. The Bertz CT molecular complexity index is 1700. The highest BCUT2D eigenvalue weighted by Gasteiger charge is 2.34. The molecule has 2 unspecified atom stereocenters. The van der Waals surface area contributed by atoms with Crippen LogP contribution in [0.2, 0.25) is 0 Å². The topological polar surface area (TPSA) is 89.5 Å². The summed E-state index contributed by atoms with van der Waals surface area (Å²) in [6.45, 7) is 3.79. The smallest absolute Gasteiger partial charge is 0.171 e. The molecule has 0 aliphatic rings. The molecule has 2 atom stereocenters. The predicted octanol–water partition coefficient (Wildman–Crippen LogP) is 7.98. The third kappa shape index (κ3) is 7.58. The summed E-state index contributed by atoms with van der Waals surface area (Å²) in [5, 5.41) is -2.09. The molecule has 0 fully saturated rings. The molecule has 248 valence electrons. The van der Waals surface area contributed by atoms with Crippen LogP contribution in [0.25, 0.3) is 12.2 Å². The van der Waals surface area contributed by atoms with Gasteiger partial charge in [0.2, 0.25) is 0 Å². The number of methoxy groups -OCH3 is 6. The van der Waals surface area contributed by atoms with Crippen molar-refractivity contribution in [3.8, 4) is 34.5 Å². The van der Waals surface area contributed by atoms with E-state index in [2.05, 4.69) is 0 Å². The largest absolute Gasteiger partial charge is 0.497 e. The number of benzene rings is 4. The van der Waals surface area contributed by atoms with Gasteiger partial charge < -0.3 is 28.4 Å². The van der Waals surface area contributed by atoms with Gasteiger partial charge in [0.15, 0.2) is 9.84 Å². The van der Waals surface area contributed by atoms with Crippen LogP contribution < -0.4 is 28.4 Å². The van der Waals surface area contributed by atoms with E-state index in [1.54, 1.807) is 115 Å². The highest BCUT2D eigenvalue weighted by atomic mass is 32.2. The summed E-state index contributed by atoms with van der Waals surface area (Å²) in [6, 6.07) is 21.5. The first-order valence-electron chi connectivity index (χ1n) is 14.9. The lowest BCUT2D eigenvalue weighted by Gasteiger charge is -2.22. The van der Waals surface area contributed by atoms with Crippen molar-refractivity contribution < 1.29 is 36.8 Å². The lowest BCUT2D eigenvalue weighted by atomic mass is 10.1. The first kappa shape index (κ1) is 35.0. The second kappa shape index (κ2) is 15.6. The molecule has 47 heavy (non-hydrogen) atoms. The molecule has 0 aliphatic carbocycles. The van der Waals surface area contributed by atoms with Gasteiger partial charge in [-0.1, -0.05) is 48.6 Å². The van der Waals surface area contributed by atoms with Gasteiger partial charge in [-0.3, -0.25) is 0 Å². The Balaban J connectivity index is 1.91. The SMILES string of the molecule is COc1ccc(C(C=Cc2ccc(OC)c(C)c2OC)S(=O)(=O)C(C=Cc2ccc(OC)c(C)c2OC)c2ccc(OC)cc2)cc1. The molecule has 4 aromatic carbocycles. The van der Waals surface area contributed by atoms with Gasteiger partial charge in [0.25, 0.3) is 0 Å². The van der Waals surface area contributed by atoms with E-state index < -0.39 is 20.3 Å². The molecule has 9 heteroatoms. The van der Waals surface area contributed by atoms with Crippen LogP contribution in [-0.2, 0) is 9.84 Å². The van der Waals surface area contributed by atoms with Crippen molar-refractivity contribution in [3.05, 3.63) is 118 Å². The fraction of sp³-hybridized carbons (Fsp3) is 0.263. The maximum Gasteiger partial charge on any atom is 0.171 e. The molecular weight excluding hydrogens is 616 g/mol. The van der Waals surface area contributed by atoms with Crippen LogP contribution in [0, 0.1) is 13.8 Å². The Labute approximate surface area is 278 Å². The summed E-state index contributed by atoms with van der Waals surface area (Å²) in [7, 11) is 5.47. The van der Waals surface area contributed by atoms with Crippen molar-refractivity contribution in [1.82, 2.24) is 0 Å². The number of sulfone groups is 1. The Morgan fingerprint density at radius 2 is 0.851 bits per heavy atom. The van der Waals surface area contributed by atoms with Gasteiger partial charge in [0.1, 0.15) is 45.0 Å². The van der Waals surface area contributed by atoms with Gasteiger partial charge in [0, 0.05) is 22.3 Å². The molecule has 0 radical (unpaired) electrons. The quantitative estimate of drug-likeness (QED) is 0.135. The zero-order valence-electron chi connectivity index (χ0n) is 28.1. The standard InChI is InChI=1S/C38H42O8S/c1-25-33(43-5)21-13-29(37(25)45-7)15-23-35(27-9-17-31(41-3)18-10-27)47(39,40)36(28-11-19-32(42-4)20-12-28)24-16-30-14-22-34(44-6)26(2)38(30)46-8/h9-24,35-36H,1-8H3. The molecule has 0 heterocycles. The van der Waals surface area contributed by atoms with E-state index in [1.165, 1.54) is 0 Å². The Morgan fingerprint density at radius 1 is 0.489 bits per heavy atom. The van der Waals surface area contributed by atoms with E-state index in [9.17, 15) is 8.42 Å². The van der Waals surface area contributed by atoms with Gasteiger partial charge in [-0.2, -0.15) is 0 Å². The van der Waals surface area contributed by atoms with Gasteiger partial charge in [-0.05, 0) is 73.5 Å². The van der Waals surface area contributed by atoms with E-state index in [4.69, 9.17) is 28.4 Å². The summed E-state index contributed by atoms with van der Waals surface area (Å²) in [4.78, 5) is 0. The average Bonchev–Trinajstić information content (AvgIpc) is 3.09. The van der Waals surface area contributed by atoms with Crippen LogP contribution in [0.15, 0.2) is 84.9 Å². The molecule has 0 aliphatic heterocycles. The summed E-state index contributed by atoms with van der Waals surface area (Å²) >= 11 is 0. The van der Waals surface area contributed by atoms with Crippen LogP contribution in [0.4, 0.5) is 0 Å². The minimum atomic E-state index is -4.02. The Morgan fingerprint density at radius 3 is 1.15 bits per heavy atom. The number of hydrogen-bond acceptors (Lipinski definition) is 8. The van der Waals surface area contributed by atoms with Crippen molar-refractivity contribution in [3.63, 3.8) is 0 Å². The van der Waals surface area contributed by atoms with Crippen LogP contribution >= 0.6 is 0 Å². The Kier molecular flexibility index (Phi) is 11.6. The van der Waals surface area contributed by atoms with Crippen molar-refractivity contribution >= 4 is 22.0 Å². The monoisotopic (exact) mass is 658 g/mol. The molecule has 0 N–H and O–H groups in total. The van der Waals surface area contributed by atoms with Gasteiger partial charge >= 0.3 is 0 Å². The second-order valence-corrected chi connectivity index (χ2v) is 12.9. The fourth-order valence-electron chi connectivity index (χ4n) is 5.58. The molecule has 0 amide bonds. The van der Waals surface area contributed by atoms with Crippen LogP contribution in [-0.4, -0.2) is 51.1 Å². The molecule has 0 saturated carbocycles. The van der Waals surface area contributed by atoms with Crippen LogP contribution in [0.1, 0.15) is 43.9 Å². The Hall–Kier alpha value is -4.89. The van der Waals surface area contributed by atoms with Gasteiger partial charge in [-0.15, -0.1) is 0 Å². The van der Waals surface area contributed by atoms with E-state index >= 15 is 0 Å². The molecule has 4 rings (SSSR count). The van der Waals surface area contributed by atoms with Gasteiger partial charge in [0.05, 0.1) is 42.7 Å². The highest BCUT2D eigenvalue weighted by Crippen LogP contribution is 2.40. The van der Waals surface area contributed by atoms with Crippen molar-refractivity contribution in [1.29, 1.82) is 0 Å². The van der Waals surface area contributed by atoms with Crippen molar-refractivity contribution in [2.75, 3.05) is 42.7 Å². The highest BCUT2D eigenvalue weighted by molar-refractivity contribution is 7.92. The van der Waals surface area contributed by atoms with E-state index in [0.29, 0.717) is 45.6 Å².